The normalized spacial score (nSPS) is 28.4. The average molecular weight is 289 g/mol. The molecule has 0 amide bonds. The first kappa shape index (κ1) is 14.1. The molecule has 0 bridgehead atoms. The number of rotatable bonds is 4. The SMILES string of the molecule is CC1(C)OC[C@H]([C@@H](Nc2ccccc2)[C@@H]2C=CC(=O)O2)O1. The van der Waals surface area contributed by atoms with Crippen molar-refractivity contribution in [1.82, 2.24) is 0 Å². The van der Waals surface area contributed by atoms with Gasteiger partial charge in [-0.15, -0.1) is 0 Å². The summed E-state index contributed by atoms with van der Waals surface area (Å²) in [5.41, 5.74) is 0.951. The molecule has 21 heavy (non-hydrogen) atoms. The fourth-order valence-electron chi connectivity index (χ4n) is 2.58. The fourth-order valence-corrected chi connectivity index (χ4v) is 2.58. The predicted octanol–water partition coefficient (Wildman–Crippen LogP) is 2.10. The molecule has 3 atom stereocenters. The Hall–Kier alpha value is -1.85. The van der Waals surface area contributed by atoms with E-state index < -0.39 is 5.79 Å². The third-order valence-corrected chi connectivity index (χ3v) is 3.57. The van der Waals surface area contributed by atoms with Gasteiger partial charge in [-0.3, -0.25) is 0 Å². The van der Waals surface area contributed by atoms with Gasteiger partial charge in [0.2, 0.25) is 0 Å². The first-order valence-corrected chi connectivity index (χ1v) is 7.06. The Morgan fingerprint density at radius 1 is 1.29 bits per heavy atom. The molecule has 3 rings (SSSR count). The summed E-state index contributed by atoms with van der Waals surface area (Å²) in [5.74, 6) is -0.939. The smallest absolute Gasteiger partial charge is 0.331 e. The van der Waals surface area contributed by atoms with E-state index in [-0.39, 0.29) is 24.2 Å². The number of nitrogens with one attached hydrogen (secondary N) is 1. The van der Waals surface area contributed by atoms with Gasteiger partial charge < -0.3 is 19.5 Å². The van der Waals surface area contributed by atoms with Crippen LogP contribution in [0.1, 0.15) is 13.8 Å². The third-order valence-electron chi connectivity index (χ3n) is 3.57. The highest BCUT2D eigenvalue weighted by molar-refractivity contribution is 5.84. The summed E-state index contributed by atoms with van der Waals surface area (Å²) in [6.07, 6.45) is 2.66. The minimum absolute atomic E-state index is 0.194. The zero-order chi connectivity index (χ0) is 14.9. The molecule has 1 N–H and O–H groups in total. The number of anilines is 1. The molecular formula is C16H19NO4. The maximum absolute atomic E-state index is 11.3. The van der Waals surface area contributed by atoms with E-state index in [1.807, 2.05) is 44.2 Å². The Balaban J connectivity index is 1.78. The molecule has 2 aliphatic rings. The van der Waals surface area contributed by atoms with E-state index in [1.165, 1.54) is 6.08 Å². The van der Waals surface area contributed by atoms with E-state index in [1.54, 1.807) is 6.08 Å². The van der Waals surface area contributed by atoms with Crippen molar-refractivity contribution in [1.29, 1.82) is 0 Å². The van der Waals surface area contributed by atoms with Crippen molar-refractivity contribution in [3.05, 3.63) is 42.5 Å². The number of hydrogen-bond donors (Lipinski definition) is 1. The van der Waals surface area contributed by atoms with E-state index in [4.69, 9.17) is 14.2 Å². The molecule has 1 fully saturated rings. The lowest BCUT2D eigenvalue weighted by Gasteiger charge is -2.29. The lowest BCUT2D eigenvalue weighted by Crippen LogP contribution is -2.45. The first-order valence-electron chi connectivity index (χ1n) is 7.06. The number of carbonyl (C=O) groups excluding carboxylic acids is 1. The van der Waals surface area contributed by atoms with Gasteiger partial charge in [0.25, 0.3) is 0 Å². The molecule has 0 aromatic heterocycles. The molecule has 0 spiro atoms. The summed E-state index contributed by atoms with van der Waals surface area (Å²) in [4.78, 5) is 11.3. The molecule has 0 aliphatic carbocycles. The fraction of sp³-hybridized carbons (Fsp3) is 0.438. The topological polar surface area (TPSA) is 56.8 Å². The van der Waals surface area contributed by atoms with Crippen LogP contribution in [-0.4, -0.2) is 36.6 Å². The highest BCUT2D eigenvalue weighted by Gasteiger charge is 2.42. The Bertz CT molecular complexity index is 540. The molecule has 1 saturated heterocycles. The number of carbonyl (C=O) groups is 1. The van der Waals surface area contributed by atoms with Gasteiger partial charge in [0.15, 0.2) is 5.79 Å². The van der Waals surface area contributed by atoms with Crippen LogP contribution in [0.25, 0.3) is 0 Å². The second kappa shape index (κ2) is 5.50. The zero-order valence-corrected chi connectivity index (χ0v) is 12.1. The quantitative estimate of drug-likeness (QED) is 0.860. The van der Waals surface area contributed by atoms with Gasteiger partial charge in [-0.1, -0.05) is 18.2 Å². The molecule has 112 valence electrons. The minimum atomic E-state index is -0.617. The second-order valence-electron chi connectivity index (χ2n) is 5.66. The van der Waals surface area contributed by atoms with Crippen LogP contribution in [0.4, 0.5) is 5.69 Å². The Morgan fingerprint density at radius 3 is 2.62 bits per heavy atom. The van der Waals surface area contributed by atoms with Crippen molar-refractivity contribution in [3.63, 3.8) is 0 Å². The maximum Gasteiger partial charge on any atom is 0.331 e. The highest BCUT2D eigenvalue weighted by atomic mass is 16.7. The molecule has 1 aromatic carbocycles. The molecule has 2 heterocycles. The van der Waals surface area contributed by atoms with Crippen molar-refractivity contribution in [2.24, 2.45) is 0 Å². The first-order chi connectivity index (χ1) is 10.0. The lowest BCUT2D eigenvalue weighted by atomic mass is 10.0. The molecule has 0 radical (unpaired) electrons. The van der Waals surface area contributed by atoms with Gasteiger partial charge in [-0.05, 0) is 32.1 Å². The van der Waals surface area contributed by atoms with E-state index in [0.717, 1.165) is 5.69 Å². The van der Waals surface area contributed by atoms with Crippen LogP contribution in [0.15, 0.2) is 42.5 Å². The summed E-state index contributed by atoms with van der Waals surface area (Å²) in [6, 6.07) is 9.59. The number of cyclic esters (lactones) is 1. The summed E-state index contributed by atoms with van der Waals surface area (Å²) < 4.78 is 16.9. The number of hydrogen-bond acceptors (Lipinski definition) is 5. The number of ether oxygens (including phenoxy) is 3. The van der Waals surface area contributed by atoms with Crippen LogP contribution in [0.5, 0.6) is 0 Å². The molecule has 0 unspecified atom stereocenters. The molecule has 1 aromatic rings. The summed E-state index contributed by atoms with van der Waals surface area (Å²) in [7, 11) is 0. The van der Waals surface area contributed by atoms with E-state index in [9.17, 15) is 4.79 Å². The molecular weight excluding hydrogens is 270 g/mol. The standard InChI is InChI=1S/C16H19NO4/c1-16(2)19-10-13(21-16)15(12-8-9-14(18)20-12)17-11-6-4-3-5-7-11/h3-9,12-13,15,17H,10H2,1-2H3/t12-,13+,15-/m0/s1. The summed E-state index contributed by atoms with van der Waals surface area (Å²) >= 11 is 0. The molecule has 5 nitrogen and oxygen atoms in total. The predicted molar refractivity (Wildman–Crippen MR) is 77.8 cm³/mol. The van der Waals surface area contributed by atoms with E-state index in [0.29, 0.717) is 6.61 Å². The zero-order valence-electron chi connectivity index (χ0n) is 12.1. The Labute approximate surface area is 123 Å². The number of para-hydroxylation sites is 1. The second-order valence-corrected chi connectivity index (χ2v) is 5.66. The van der Waals surface area contributed by atoms with Gasteiger partial charge in [0.05, 0.1) is 12.6 Å². The number of esters is 1. The average Bonchev–Trinajstić information content (AvgIpc) is 3.03. The Morgan fingerprint density at radius 2 is 2.05 bits per heavy atom. The van der Waals surface area contributed by atoms with Gasteiger partial charge in [0.1, 0.15) is 12.2 Å². The van der Waals surface area contributed by atoms with E-state index in [2.05, 4.69) is 5.32 Å². The van der Waals surface area contributed by atoms with Crippen LogP contribution in [-0.2, 0) is 19.0 Å². The monoisotopic (exact) mass is 289 g/mol. The van der Waals surface area contributed by atoms with Crippen LogP contribution >= 0.6 is 0 Å². The minimum Gasteiger partial charge on any atom is -0.453 e. The molecule has 2 aliphatic heterocycles. The van der Waals surface area contributed by atoms with Crippen LogP contribution < -0.4 is 5.32 Å². The van der Waals surface area contributed by atoms with Gasteiger partial charge >= 0.3 is 5.97 Å². The van der Waals surface area contributed by atoms with Crippen molar-refractivity contribution in [3.8, 4) is 0 Å². The Kier molecular flexibility index (Phi) is 3.69. The van der Waals surface area contributed by atoms with Crippen molar-refractivity contribution in [2.75, 3.05) is 11.9 Å². The highest BCUT2D eigenvalue weighted by Crippen LogP contribution is 2.29. The molecule has 5 heteroatoms. The largest absolute Gasteiger partial charge is 0.453 e. The van der Waals surface area contributed by atoms with Crippen molar-refractivity contribution < 1.29 is 19.0 Å². The molecule has 0 saturated carbocycles. The van der Waals surface area contributed by atoms with Crippen LogP contribution in [0, 0.1) is 0 Å². The van der Waals surface area contributed by atoms with E-state index >= 15 is 0 Å². The van der Waals surface area contributed by atoms with Gasteiger partial charge in [-0.25, -0.2) is 4.79 Å². The number of benzene rings is 1. The summed E-state index contributed by atoms with van der Waals surface area (Å²) in [5, 5.41) is 3.39. The van der Waals surface area contributed by atoms with Gasteiger partial charge in [0, 0.05) is 11.8 Å². The van der Waals surface area contributed by atoms with Crippen LogP contribution in [0.3, 0.4) is 0 Å². The third kappa shape index (κ3) is 3.25. The summed E-state index contributed by atoms with van der Waals surface area (Å²) in [6.45, 7) is 4.21. The maximum atomic E-state index is 11.3. The van der Waals surface area contributed by atoms with Crippen LogP contribution in [0.2, 0.25) is 0 Å². The van der Waals surface area contributed by atoms with Crippen molar-refractivity contribution >= 4 is 11.7 Å². The van der Waals surface area contributed by atoms with Gasteiger partial charge in [-0.2, -0.15) is 0 Å². The van der Waals surface area contributed by atoms with Crippen molar-refractivity contribution in [2.45, 2.75) is 37.9 Å². The lowest BCUT2D eigenvalue weighted by molar-refractivity contribution is -0.147.